The molecule has 0 bridgehead atoms. The van der Waals surface area contributed by atoms with E-state index in [2.05, 4.69) is 115 Å². The number of nitrogens with zero attached hydrogens (tertiary/aromatic N) is 18. The minimum Gasteiger partial charge on any atom is -0.357 e. The zero-order valence-electron chi connectivity index (χ0n) is 47.5. The summed E-state index contributed by atoms with van der Waals surface area (Å²) in [6.07, 6.45) is 10.3. The molecule has 80 heavy (non-hydrogen) atoms. The Morgan fingerprint density at radius 2 is 0.450 bits per heavy atom. The Morgan fingerprint density at radius 1 is 0.250 bits per heavy atom. The maximum Gasteiger partial charge on any atom is 0.226 e. The Balaban J connectivity index is 0.951. The second kappa shape index (κ2) is 37.1. The van der Waals surface area contributed by atoms with Gasteiger partial charge in [0.25, 0.3) is 0 Å². The smallest absolute Gasteiger partial charge is 0.226 e. The average Bonchev–Trinajstić information content (AvgIpc) is 3.44. The lowest BCUT2D eigenvalue weighted by atomic mass is 10.2. The predicted molar refractivity (Wildman–Crippen MR) is 330 cm³/mol. The van der Waals surface area contributed by atoms with E-state index in [1.54, 1.807) is 70.6 Å². The van der Waals surface area contributed by atoms with E-state index >= 15 is 0 Å². The summed E-state index contributed by atoms with van der Waals surface area (Å²) < 4.78 is 0. The number of hydrogen-bond acceptors (Lipinski definition) is 30. The van der Waals surface area contributed by atoms with Crippen LogP contribution in [0, 0.1) is 0 Å². The van der Waals surface area contributed by atoms with Gasteiger partial charge in [-0.05, 0) is 73.0 Å². The second-order valence-electron chi connectivity index (χ2n) is 17.3. The van der Waals surface area contributed by atoms with Gasteiger partial charge in [-0.25, -0.2) is 29.9 Å². The molecule has 0 aliphatic heterocycles. The van der Waals surface area contributed by atoms with E-state index in [1.165, 1.54) is 0 Å². The molecule has 0 aromatic carbocycles. The van der Waals surface area contributed by atoms with Crippen LogP contribution in [0.5, 0.6) is 0 Å². The fourth-order valence-corrected chi connectivity index (χ4v) is 10.8. The summed E-state index contributed by atoms with van der Waals surface area (Å²) in [6.45, 7) is 18.0. The molecule has 0 fully saturated rings. The summed E-state index contributed by atoms with van der Waals surface area (Å²) in [5, 5.41) is 24.5. The van der Waals surface area contributed by atoms with Crippen LogP contribution in [-0.2, 0) is 38.5 Å². The number of rotatable bonds is 41. The van der Waals surface area contributed by atoms with Gasteiger partial charge in [-0.2, -0.15) is 59.8 Å². The minimum absolute atomic E-state index is 0.561. The van der Waals surface area contributed by atoms with Crippen LogP contribution < -0.4 is 31.9 Å². The van der Waals surface area contributed by atoms with E-state index in [-0.39, 0.29) is 0 Å². The molecule has 0 amide bonds. The third kappa shape index (κ3) is 23.8. The lowest BCUT2D eigenvalue weighted by molar-refractivity contribution is 0.714. The van der Waals surface area contributed by atoms with Gasteiger partial charge >= 0.3 is 0 Å². The third-order valence-corrected chi connectivity index (χ3v) is 15.3. The highest BCUT2D eigenvalue weighted by atomic mass is 32.2. The molecule has 6 rings (SSSR count). The van der Waals surface area contributed by atoms with Gasteiger partial charge in [-0.1, -0.05) is 125 Å². The maximum absolute atomic E-state index is 4.81. The van der Waals surface area contributed by atoms with Crippen molar-refractivity contribution in [3.05, 3.63) is 34.9 Å². The SMILES string of the molecule is CCCCc1nc(NCCCc2nc(NCCCc3nc(NCCCc4nc(NCCCc5nc(NCCCc6nc(NC)nc(SCC)n6)nc(SCC)n5)nc(SCC)n4)nc(SCC)n3)nc(SCC)n2)nc(SCC)n1. The molecule has 6 heterocycles. The molecule has 0 saturated heterocycles. The highest BCUT2D eigenvalue weighted by Crippen LogP contribution is 2.21. The van der Waals surface area contributed by atoms with E-state index in [4.69, 9.17) is 54.8 Å². The quantitative estimate of drug-likeness (QED) is 0.0154. The molecule has 434 valence electrons. The maximum atomic E-state index is 4.81. The largest absolute Gasteiger partial charge is 0.357 e. The Kier molecular flexibility index (Phi) is 29.8. The minimum atomic E-state index is 0.561. The Morgan fingerprint density at radius 3 is 0.650 bits per heavy atom. The van der Waals surface area contributed by atoms with Crippen molar-refractivity contribution < 1.29 is 0 Å². The molecule has 0 aliphatic rings. The molecular weight excluding hydrogens is 1130 g/mol. The van der Waals surface area contributed by atoms with E-state index in [9.17, 15) is 0 Å². The van der Waals surface area contributed by atoms with Crippen LogP contribution in [0.1, 0.15) is 128 Å². The molecule has 0 aliphatic carbocycles. The van der Waals surface area contributed by atoms with E-state index < -0.39 is 0 Å². The van der Waals surface area contributed by atoms with Crippen molar-refractivity contribution in [3.8, 4) is 0 Å². The lowest BCUT2D eigenvalue weighted by Gasteiger charge is -2.11. The molecule has 0 radical (unpaired) electrons. The van der Waals surface area contributed by atoms with Crippen molar-refractivity contribution >= 4 is 106 Å². The summed E-state index contributed by atoms with van der Waals surface area (Å²) >= 11 is 9.64. The molecule has 30 heteroatoms. The van der Waals surface area contributed by atoms with E-state index in [0.29, 0.717) is 121 Å². The Hall–Kier alpha value is -5.04. The summed E-state index contributed by atoms with van der Waals surface area (Å²) in [6, 6.07) is 0. The van der Waals surface area contributed by atoms with Gasteiger partial charge < -0.3 is 31.9 Å². The first kappa shape index (κ1) is 64.1. The van der Waals surface area contributed by atoms with Gasteiger partial charge in [0.15, 0.2) is 30.9 Å². The molecule has 0 saturated carbocycles. The number of nitrogens with one attached hydrogen (secondary N) is 6. The van der Waals surface area contributed by atoms with Gasteiger partial charge in [0, 0.05) is 78.3 Å². The molecule has 0 atom stereocenters. The van der Waals surface area contributed by atoms with Crippen molar-refractivity contribution in [1.82, 2.24) is 89.7 Å². The highest BCUT2D eigenvalue weighted by molar-refractivity contribution is 8.00. The fraction of sp³-hybridized carbons (Fsp3) is 0.640. The number of thioether (sulfide) groups is 6. The van der Waals surface area contributed by atoms with E-state index in [1.807, 2.05) is 7.05 Å². The first-order valence-electron chi connectivity index (χ1n) is 27.8. The van der Waals surface area contributed by atoms with Crippen molar-refractivity contribution in [1.29, 1.82) is 0 Å². The summed E-state index contributed by atoms with van der Waals surface area (Å²) in [5.74, 6) is 13.3. The van der Waals surface area contributed by atoms with Gasteiger partial charge in [0.2, 0.25) is 35.7 Å². The standard InChI is InChI=1S/C50H78N24S6/c1-9-16-22-33-58-40(70-46(63-33)76-11-3)52-29-18-24-35-60-42(72-48(65-35)78-13-5)54-31-20-26-37-62-44(74-50(67-37)80-15-7)56-32-21-27-38-61-43(73-49(68-38)79-14-6)55-30-19-25-36-59-41(71-47(66-36)77-12-4)53-28-17-23-34-57-39(51-8)69-45(64-34)75-10-2/h9-32H2,1-8H3,(H,51,57,64,69)(H,52,58,63,70)(H,53,59,66,71)(H,54,60,65,72)(H,55,61,68,73)(H,56,62,67,74). The molecular formula is C50H78N24S6. The monoisotopic (exact) mass is 1210 g/mol. The topological polar surface area (TPSA) is 304 Å². The molecule has 0 spiro atoms. The van der Waals surface area contributed by atoms with Crippen LogP contribution in [0.15, 0.2) is 30.9 Å². The van der Waals surface area contributed by atoms with E-state index in [0.717, 1.165) is 131 Å². The van der Waals surface area contributed by atoms with Gasteiger partial charge in [0.1, 0.15) is 34.9 Å². The number of hydrogen-bond donors (Lipinski definition) is 6. The molecule has 6 aromatic rings. The number of unbranched alkanes of at least 4 members (excludes halogenated alkanes) is 1. The Labute approximate surface area is 496 Å². The van der Waals surface area contributed by atoms with Gasteiger partial charge in [-0.15, -0.1) is 0 Å². The first-order chi connectivity index (χ1) is 39.2. The molecule has 6 N–H and O–H groups in total. The van der Waals surface area contributed by atoms with Crippen molar-refractivity contribution in [2.24, 2.45) is 0 Å². The number of anilines is 6. The molecule has 24 nitrogen and oxygen atoms in total. The van der Waals surface area contributed by atoms with Crippen molar-refractivity contribution in [3.63, 3.8) is 0 Å². The first-order valence-corrected chi connectivity index (χ1v) is 33.8. The molecule has 6 aromatic heterocycles. The zero-order valence-corrected chi connectivity index (χ0v) is 52.4. The highest BCUT2D eigenvalue weighted by Gasteiger charge is 2.14. The zero-order chi connectivity index (χ0) is 56.6. The van der Waals surface area contributed by atoms with Crippen LogP contribution in [0.4, 0.5) is 35.7 Å². The van der Waals surface area contributed by atoms with Crippen LogP contribution in [0.25, 0.3) is 0 Å². The normalized spacial score (nSPS) is 11.2. The summed E-state index contributed by atoms with van der Waals surface area (Å²) in [7, 11) is 1.82. The number of aryl methyl sites for hydroxylation is 6. The lowest BCUT2D eigenvalue weighted by Crippen LogP contribution is -2.14. The Bertz CT molecular complexity index is 2770. The third-order valence-electron chi connectivity index (χ3n) is 10.9. The summed E-state index contributed by atoms with van der Waals surface area (Å²) in [4.78, 5) is 84.5. The molecule has 0 unspecified atom stereocenters. The van der Waals surface area contributed by atoms with Crippen molar-refractivity contribution in [2.45, 2.75) is 163 Å². The predicted octanol–water partition coefficient (Wildman–Crippen LogP) is 9.08. The average molecular weight is 1210 g/mol. The van der Waals surface area contributed by atoms with Crippen molar-refractivity contribution in [2.75, 3.05) is 106 Å². The van der Waals surface area contributed by atoms with Crippen LogP contribution in [0.2, 0.25) is 0 Å². The van der Waals surface area contributed by atoms with Crippen LogP contribution >= 0.6 is 70.6 Å². The number of aromatic nitrogens is 18. The van der Waals surface area contributed by atoms with Crippen LogP contribution in [0.3, 0.4) is 0 Å². The fourth-order valence-electron chi connectivity index (χ4n) is 7.30. The summed E-state index contributed by atoms with van der Waals surface area (Å²) in [5.41, 5.74) is 0. The van der Waals surface area contributed by atoms with Gasteiger partial charge in [0.05, 0.1) is 0 Å². The second-order valence-corrected chi connectivity index (χ2v) is 24.6. The van der Waals surface area contributed by atoms with Crippen LogP contribution in [-0.4, -0.2) is 164 Å². The van der Waals surface area contributed by atoms with Gasteiger partial charge in [-0.3, -0.25) is 0 Å².